The molecule has 0 aliphatic carbocycles. The molecule has 0 saturated carbocycles. The molecule has 1 aromatic rings. The molecule has 1 aromatic carbocycles. The molecule has 2 saturated heterocycles. The predicted molar refractivity (Wildman–Crippen MR) is 148 cm³/mol. The molecule has 1 unspecified atom stereocenters. The van der Waals surface area contributed by atoms with Crippen molar-refractivity contribution in [2.75, 3.05) is 38.8 Å². The summed E-state index contributed by atoms with van der Waals surface area (Å²) in [6, 6.07) is 7.30. The Morgan fingerprint density at radius 2 is 1.97 bits per heavy atom. The van der Waals surface area contributed by atoms with Gasteiger partial charge in [0.15, 0.2) is 0 Å². The van der Waals surface area contributed by atoms with Gasteiger partial charge in [0.2, 0.25) is 5.91 Å². The van der Waals surface area contributed by atoms with E-state index < -0.39 is 35.9 Å². The number of hydrogen-bond acceptors (Lipinski definition) is 9. The van der Waals surface area contributed by atoms with Crippen LogP contribution in [0.2, 0.25) is 0 Å². The van der Waals surface area contributed by atoms with E-state index in [0.29, 0.717) is 5.92 Å². The van der Waals surface area contributed by atoms with Gasteiger partial charge in [-0.1, -0.05) is 26.3 Å². The minimum Gasteiger partial charge on any atom is -0.388 e. The molecule has 2 aliphatic heterocycles. The number of nitrogens with one attached hydrogen (secondary N) is 1. The highest BCUT2D eigenvalue weighted by molar-refractivity contribution is 8.00. The van der Waals surface area contributed by atoms with Crippen molar-refractivity contribution in [1.82, 2.24) is 10.2 Å². The molecule has 2 aliphatic rings. The Morgan fingerprint density at radius 1 is 1.25 bits per heavy atom. The molecule has 0 aromatic heterocycles. The standard InChI is InChI=1S/C26H43N3O5S2/c1-7-9-16-12-19(29(5)14-16)25(33)27-20(24-22(31)21(30)23(32)26(34-24)35-6)15(2)36-18-11-8-10-17(13-18)28(3)4/h8,10-11,13,15-16,19-24,26,30-32H,7,9,12,14H2,1-6H3,(H,27,33)/t15-,16+,19-,20-,21-,22+,23+,24?,26+/m0/s1. The van der Waals surface area contributed by atoms with Crippen molar-refractivity contribution >= 4 is 35.1 Å². The average Bonchev–Trinajstić information content (AvgIpc) is 3.22. The molecule has 1 amide bonds. The topological polar surface area (TPSA) is 106 Å². The van der Waals surface area contributed by atoms with E-state index in [0.717, 1.165) is 36.4 Å². The van der Waals surface area contributed by atoms with E-state index in [1.807, 2.05) is 51.2 Å². The van der Waals surface area contributed by atoms with Gasteiger partial charge in [-0.2, -0.15) is 0 Å². The van der Waals surface area contributed by atoms with Crippen LogP contribution in [0.1, 0.15) is 33.1 Å². The number of benzene rings is 1. The third-order valence-corrected chi connectivity index (χ3v) is 9.34. The fraction of sp³-hybridized carbons (Fsp3) is 0.731. The Morgan fingerprint density at radius 3 is 2.61 bits per heavy atom. The summed E-state index contributed by atoms with van der Waals surface area (Å²) in [6.07, 6.45) is -0.00535. The summed E-state index contributed by atoms with van der Waals surface area (Å²) in [5.41, 5.74) is 0.363. The van der Waals surface area contributed by atoms with Crippen LogP contribution in [-0.4, -0.2) is 107 Å². The highest BCUT2D eigenvalue weighted by Crippen LogP contribution is 2.35. The van der Waals surface area contributed by atoms with Crippen LogP contribution in [0.25, 0.3) is 0 Å². The molecule has 9 atom stereocenters. The first kappa shape index (κ1) is 29.5. The van der Waals surface area contributed by atoms with Gasteiger partial charge in [0.05, 0.1) is 12.1 Å². The van der Waals surface area contributed by atoms with Crippen LogP contribution in [-0.2, 0) is 9.53 Å². The van der Waals surface area contributed by atoms with Crippen molar-refractivity contribution in [3.63, 3.8) is 0 Å². The predicted octanol–water partition coefficient (Wildman–Crippen LogP) is 2.01. The average molecular weight is 542 g/mol. The lowest BCUT2D eigenvalue weighted by Gasteiger charge is -2.44. The molecule has 4 N–H and O–H groups in total. The van der Waals surface area contributed by atoms with Crippen LogP contribution >= 0.6 is 23.5 Å². The van der Waals surface area contributed by atoms with Gasteiger partial charge in [0.1, 0.15) is 29.9 Å². The number of ether oxygens (including phenoxy) is 1. The Bertz CT molecular complexity index is 861. The Kier molecular flexibility index (Phi) is 10.8. The van der Waals surface area contributed by atoms with E-state index in [1.54, 1.807) is 18.0 Å². The molecule has 2 fully saturated rings. The quantitative estimate of drug-likeness (QED) is 0.331. The van der Waals surface area contributed by atoms with Gasteiger partial charge in [-0.15, -0.1) is 23.5 Å². The van der Waals surface area contributed by atoms with Crippen molar-refractivity contribution in [3.8, 4) is 0 Å². The maximum absolute atomic E-state index is 13.5. The Hall–Kier alpha value is -1.01. The molecule has 2 heterocycles. The fourth-order valence-corrected chi connectivity index (χ4v) is 7.07. The van der Waals surface area contributed by atoms with Gasteiger partial charge in [-0.25, -0.2) is 0 Å². The summed E-state index contributed by atoms with van der Waals surface area (Å²) in [7, 11) is 5.96. The molecule has 0 radical (unpaired) electrons. The smallest absolute Gasteiger partial charge is 0.237 e. The third kappa shape index (κ3) is 6.89. The summed E-state index contributed by atoms with van der Waals surface area (Å²) < 4.78 is 6.12. The van der Waals surface area contributed by atoms with Crippen molar-refractivity contribution in [2.45, 2.75) is 85.2 Å². The van der Waals surface area contributed by atoms with Crippen LogP contribution in [0.4, 0.5) is 5.69 Å². The molecule has 3 rings (SSSR count). The number of likely N-dealkylation sites (tertiary alicyclic amines) is 1. The van der Waals surface area contributed by atoms with E-state index in [4.69, 9.17) is 4.74 Å². The van der Waals surface area contributed by atoms with Gasteiger partial charge in [-0.3, -0.25) is 9.69 Å². The van der Waals surface area contributed by atoms with E-state index in [9.17, 15) is 20.1 Å². The van der Waals surface area contributed by atoms with E-state index in [-0.39, 0.29) is 17.2 Å². The fourth-order valence-electron chi connectivity index (χ4n) is 5.24. The summed E-state index contributed by atoms with van der Waals surface area (Å²) in [4.78, 5) is 18.7. The van der Waals surface area contributed by atoms with Crippen LogP contribution < -0.4 is 10.2 Å². The normalized spacial score (nSPS) is 32.8. The van der Waals surface area contributed by atoms with E-state index >= 15 is 0 Å². The van der Waals surface area contributed by atoms with Gasteiger partial charge in [-0.05, 0) is 50.3 Å². The number of aliphatic hydroxyl groups excluding tert-OH is 3. The van der Waals surface area contributed by atoms with Crippen LogP contribution in [0.5, 0.6) is 0 Å². The number of aliphatic hydroxyl groups is 3. The lowest BCUT2D eigenvalue weighted by atomic mass is 9.92. The van der Waals surface area contributed by atoms with Crippen molar-refractivity contribution in [1.29, 1.82) is 0 Å². The monoisotopic (exact) mass is 541 g/mol. The minimum atomic E-state index is -1.36. The Labute approximate surface area is 224 Å². The second-order valence-corrected chi connectivity index (χ2v) is 12.7. The first-order chi connectivity index (χ1) is 17.1. The second-order valence-electron chi connectivity index (χ2n) is 10.3. The number of carbonyl (C=O) groups excluding carboxylic acids is 1. The maximum Gasteiger partial charge on any atom is 0.237 e. The lowest BCUT2D eigenvalue weighted by molar-refractivity contribution is -0.205. The highest BCUT2D eigenvalue weighted by Gasteiger charge is 2.48. The number of rotatable bonds is 10. The zero-order valence-corrected chi connectivity index (χ0v) is 23.8. The lowest BCUT2D eigenvalue weighted by Crippen LogP contribution is -2.65. The highest BCUT2D eigenvalue weighted by atomic mass is 32.2. The van der Waals surface area contributed by atoms with Gasteiger partial charge in [0.25, 0.3) is 0 Å². The molecular formula is C26H43N3O5S2. The van der Waals surface area contributed by atoms with Crippen LogP contribution in [0, 0.1) is 5.92 Å². The van der Waals surface area contributed by atoms with Crippen molar-refractivity contribution < 1.29 is 24.9 Å². The largest absolute Gasteiger partial charge is 0.388 e. The van der Waals surface area contributed by atoms with Crippen LogP contribution in [0.3, 0.4) is 0 Å². The van der Waals surface area contributed by atoms with Gasteiger partial charge in [0, 0.05) is 36.5 Å². The first-order valence-corrected chi connectivity index (χ1v) is 14.9. The number of nitrogens with zero attached hydrogens (tertiary/aromatic N) is 2. The number of anilines is 1. The molecule has 8 nitrogen and oxygen atoms in total. The summed E-state index contributed by atoms with van der Waals surface area (Å²) in [5.74, 6) is 0.400. The number of amides is 1. The SMILES string of the molecule is CCC[C@@H]1C[C@@H](C(=O)N[C@H](C2O[C@H](SC)[C@H](O)[C@@H](O)[C@H]2O)[C@H](C)Sc2cccc(N(C)C)c2)N(C)C1. The molecule has 36 heavy (non-hydrogen) atoms. The maximum atomic E-state index is 13.5. The van der Waals surface area contributed by atoms with Crippen LogP contribution in [0.15, 0.2) is 29.2 Å². The minimum absolute atomic E-state index is 0.0901. The summed E-state index contributed by atoms with van der Waals surface area (Å²) in [5, 5.41) is 34.9. The van der Waals surface area contributed by atoms with Gasteiger partial charge < -0.3 is 30.3 Å². The molecule has 0 bridgehead atoms. The van der Waals surface area contributed by atoms with Gasteiger partial charge >= 0.3 is 0 Å². The zero-order valence-electron chi connectivity index (χ0n) is 22.2. The number of likely N-dealkylation sites (N-methyl/N-ethyl adjacent to an activating group) is 1. The van der Waals surface area contributed by atoms with Crippen molar-refractivity contribution in [3.05, 3.63) is 24.3 Å². The first-order valence-electron chi connectivity index (χ1n) is 12.7. The molecule has 204 valence electrons. The Balaban J connectivity index is 1.85. The molecule has 0 spiro atoms. The number of thioether (sulfide) groups is 2. The zero-order chi connectivity index (χ0) is 26.6. The number of hydrogen-bond donors (Lipinski definition) is 4. The number of carbonyl (C=O) groups is 1. The second kappa shape index (κ2) is 13.2. The molecule has 10 heteroatoms. The van der Waals surface area contributed by atoms with E-state index in [1.165, 1.54) is 11.8 Å². The summed E-state index contributed by atoms with van der Waals surface area (Å²) in [6.45, 7) is 5.05. The third-order valence-electron chi connectivity index (χ3n) is 7.30. The summed E-state index contributed by atoms with van der Waals surface area (Å²) >= 11 is 2.86. The van der Waals surface area contributed by atoms with E-state index in [2.05, 4.69) is 23.2 Å². The van der Waals surface area contributed by atoms with Crippen molar-refractivity contribution in [2.24, 2.45) is 5.92 Å². The molecular weight excluding hydrogens is 498 g/mol.